The van der Waals surface area contributed by atoms with Crippen LogP contribution < -0.4 is 25.1 Å². The van der Waals surface area contributed by atoms with Crippen LogP contribution in [0.25, 0.3) is 11.1 Å². The van der Waals surface area contributed by atoms with Gasteiger partial charge in [0, 0.05) is 25.1 Å². The van der Waals surface area contributed by atoms with Gasteiger partial charge in [0.15, 0.2) is 5.75 Å². The fourth-order valence-electron chi connectivity index (χ4n) is 3.23. The van der Waals surface area contributed by atoms with Crippen LogP contribution in [0.3, 0.4) is 0 Å². The minimum atomic E-state index is -3.93. The fourth-order valence-corrected chi connectivity index (χ4v) is 3.81. The minimum Gasteiger partial charge on any atom is -0.493 e. The lowest BCUT2D eigenvalue weighted by Crippen LogP contribution is -2.20. The molecule has 35 heavy (non-hydrogen) atoms. The summed E-state index contributed by atoms with van der Waals surface area (Å²) in [5.41, 5.74) is 13.9. The van der Waals surface area contributed by atoms with Crippen LogP contribution in [0, 0.1) is 0 Å². The van der Waals surface area contributed by atoms with E-state index in [9.17, 15) is 13.2 Å². The molecule has 0 atom stereocenters. The summed E-state index contributed by atoms with van der Waals surface area (Å²) in [6, 6.07) is 9.99. The van der Waals surface area contributed by atoms with Gasteiger partial charge in [0.1, 0.15) is 17.3 Å². The molecule has 4 N–H and O–H groups in total. The average molecular weight is 501 g/mol. The number of carbonyl (C=O) groups excluding carboxylic acids is 1. The molecule has 2 aromatic carbocycles. The van der Waals surface area contributed by atoms with E-state index in [0.717, 1.165) is 0 Å². The Morgan fingerprint density at radius 1 is 1.09 bits per heavy atom. The molecule has 1 aromatic heterocycles. The maximum absolute atomic E-state index is 12.7. The molecule has 1 heterocycles. The molecule has 0 amide bonds. The van der Waals surface area contributed by atoms with E-state index in [0.29, 0.717) is 40.4 Å². The Balaban J connectivity index is 2.16. The van der Waals surface area contributed by atoms with Crippen molar-refractivity contribution in [2.45, 2.75) is 39.4 Å². The second-order valence-corrected chi connectivity index (χ2v) is 10.1. The molecule has 3 rings (SSSR count). The fraction of sp³-hybridized carbons (Fsp3) is 0.292. The molecule has 0 aliphatic rings. The van der Waals surface area contributed by atoms with Gasteiger partial charge in [-0.3, -0.25) is 4.79 Å². The number of ether oxygens (including phenoxy) is 2. The van der Waals surface area contributed by atoms with Crippen molar-refractivity contribution < 1.29 is 26.9 Å². The van der Waals surface area contributed by atoms with Gasteiger partial charge in [-0.25, -0.2) is 4.98 Å². The topological polar surface area (TPSA) is 157 Å². The maximum Gasteiger partial charge on any atom is 0.311 e. The molecule has 3 aromatic rings. The summed E-state index contributed by atoms with van der Waals surface area (Å²) in [4.78, 5) is 19.2. The Morgan fingerprint density at radius 3 is 2.31 bits per heavy atom. The normalized spacial score (nSPS) is 11.3. The molecule has 0 fully saturated rings. The quantitative estimate of drug-likeness (QED) is 0.254. The van der Waals surface area contributed by atoms with E-state index in [1.54, 1.807) is 36.4 Å². The van der Waals surface area contributed by atoms with Crippen molar-refractivity contribution in [3.8, 4) is 28.4 Å². The molecule has 0 aliphatic carbocycles. The zero-order chi connectivity index (χ0) is 25.8. The predicted octanol–water partition coefficient (Wildman–Crippen LogP) is 3.34. The lowest BCUT2D eigenvalue weighted by atomic mass is 9.98. The van der Waals surface area contributed by atoms with Gasteiger partial charge < -0.3 is 25.1 Å². The molecular weight excluding hydrogens is 472 g/mol. The van der Waals surface area contributed by atoms with Crippen molar-refractivity contribution in [1.29, 1.82) is 0 Å². The standard InChI is InChI=1S/C24H28N4O6S/c1-5-32-20-11-16(10-18-13-27-24(26)28-23(18)25)12-21(34-35(30,31)14(2)3)22(20)17-6-8-19(9-7-17)33-15(4)29/h6-9,11-14H,5,10H2,1-4H3,(H4,25,26,27,28). The SMILES string of the molecule is CCOc1cc(Cc2cnc(N)nc2N)cc(OS(=O)(=O)C(C)C)c1-c1ccc(OC(C)=O)cc1. The number of nitrogens with two attached hydrogens (primary N) is 2. The Labute approximate surface area is 204 Å². The number of rotatable bonds is 9. The van der Waals surface area contributed by atoms with Crippen molar-refractivity contribution in [3.05, 3.63) is 53.7 Å². The van der Waals surface area contributed by atoms with E-state index in [2.05, 4.69) is 9.97 Å². The van der Waals surface area contributed by atoms with Crippen molar-refractivity contribution in [2.75, 3.05) is 18.1 Å². The second kappa shape index (κ2) is 10.6. The average Bonchev–Trinajstić information content (AvgIpc) is 2.76. The third kappa shape index (κ3) is 6.38. The lowest BCUT2D eigenvalue weighted by molar-refractivity contribution is -0.131. The summed E-state index contributed by atoms with van der Waals surface area (Å²) in [7, 11) is -3.93. The van der Waals surface area contributed by atoms with Crippen LogP contribution in [0.4, 0.5) is 11.8 Å². The van der Waals surface area contributed by atoms with E-state index in [1.165, 1.54) is 27.0 Å². The molecule has 0 bridgehead atoms. The molecule has 0 saturated heterocycles. The molecular formula is C24H28N4O6S. The van der Waals surface area contributed by atoms with Gasteiger partial charge in [-0.15, -0.1) is 0 Å². The molecule has 0 saturated carbocycles. The highest BCUT2D eigenvalue weighted by Crippen LogP contribution is 2.42. The van der Waals surface area contributed by atoms with E-state index in [1.807, 2.05) is 6.92 Å². The monoisotopic (exact) mass is 500 g/mol. The van der Waals surface area contributed by atoms with Crippen LogP contribution in [-0.2, 0) is 21.3 Å². The lowest BCUT2D eigenvalue weighted by Gasteiger charge is -2.19. The first kappa shape index (κ1) is 25.8. The third-order valence-electron chi connectivity index (χ3n) is 4.92. The second-order valence-electron chi connectivity index (χ2n) is 7.96. The number of aromatic nitrogens is 2. The molecule has 10 nitrogen and oxygen atoms in total. The Bertz CT molecular complexity index is 1320. The van der Waals surface area contributed by atoms with E-state index >= 15 is 0 Å². The number of hydrogen-bond donors (Lipinski definition) is 2. The molecule has 0 spiro atoms. The third-order valence-corrected chi connectivity index (χ3v) is 6.49. The Hall–Kier alpha value is -3.86. The van der Waals surface area contributed by atoms with Gasteiger partial charge in [-0.2, -0.15) is 13.4 Å². The Kier molecular flexibility index (Phi) is 7.80. The zero-order valence-corrected chi connectivity index (χ0v) is 20.8. The van der Waals surface area contributed by atoms with Crippen LogP contribution in [0.15, 0.2) is 42.6 Å². The first-order valence-electron chi connectivity index (χ1n) is 10.9. The van der Waals surface area contributed by atoms with Crippen LogP contribution in [-0.4, -0.2) is 36.2 Å². The van der Waals surface area contributed by atoms with Gasteiger partial charge >= 0.3 is 16.1 Å². The number of nitrogens with zero attached hydrogens (tertiary/aromatic N) is 2. The van der Waals surface area contributed by atoms with Crippen LogP contribution >= 0.6 is 0 Å². The molecule has 11 heteroatoms. The number of carbonyl (C=O) groups is 1. The first-order valence-corrected chi connectivity index (χ1v) is 12.4. The van der Waals surface area contributed by atoms with Crippen LogP contribution in [0.5, 0.6) is 17.2 Å². The highest BCUT2D eigenvalue weighted by Gasteiger charge is 2.24. The van der Waals surface area contributed by atoms with Crippen molar-refractivity contribution >= 4 is 27.9 Å². The van der Waals surface area contributed by atoms with Gasteiger partial charge in [0.25, 0.3) is 0 Å². The minimum absolute atomic E-state index is 0.0563. The predicted molar refractivity (Wildman–Crippen MR) is 133 cm³/mol. The number of benzene rings is 2. The Morgan fingerprint density at radius 2 is 1.74 bits per heavy atom. The number of anilines is 2. The van der Waals surface area contributed by atoms with Crippen LogP contribution in [0.2, 0.25) is 0 Å². The van der Waals surface area contributed by atoms with Gasteiger partial charge in [-0.1, -0.05) is 12.1 Å². The number of nitrogen functional groups attached to an aromatic ring is 2. The van der Waals surface area contributed by atoms with Gasteiger partial charge in [0.2, 0.25) is 5.95 Å². The van der Waals surface area contributed by atoms with E-state index < -0.39 is 21.3 Å². The highest BCUT2D eigenvalue weighted by atomic mass is 32.2. The number of esters is 1. The summed E-state index contributed by atoms with van der Waals surface area (Å²) in [5.74, 6) is 0.685. The molecule has 0 unspecified atom stereocenters. The summed E-state index contributed by atoms with van der Waals surface area (Å²) in [5, 5.41) is -0.776. The summed E-state index contributed by atoms with van der Waals surface area (Å²) in [6.45, 7) is 6.51. The highest BCUT2D eigenvalue weighted by molar-refractivity contribution is 7.87. The molecule has 0 aliphatic heterocycles. The summed E-state index contributed by atoms with van der Waals surface area (Å²) < 4.78 is 42.0. The first-order chi connectivity index (χ1) is 16.5. The van der Waals surface area contributed by atoms with Crippen molar-refractivity contribution in [3.63, 3.8) is 0 Å². The molecule has 0 radical (unpaired) electrons. The number of hydrogen-bond acceptors (Lipinski definition) is 10. The van der Waals surface area contributed by atoms with Gasteiger partial charge in [0.05, 0.1) is 17.4 Å². The summed E-state index contributed by atoms with van der Waals surface area (Å²) in [6.07, 6.45) is 1.81. The van der Waals surface area contributed by atoms with Crippen molar-refractivity contribution in [1.82, 2.24) is 9.97 Å². The van der Waals surface area contributed by atoms with Gasteiger partial charge in [-0.05, 0) is 56.2 Å². The van der Waals surface area contributed by atoms with E-state index in [4.69, 9.17) is 25.1 Å². The smallest absolute Gasteiger partial charge is 0.311 e. The largest absolute Gasteiger partial charge is 0.493 e. The van der Waals surface area contributed by atoms with Crippen molar-refractivity contribution in [2.24, 2.45) is 0 Å². The maximum atomic E-state index is 12.7. The zero-order valence-electron chi connectivity index (χ0n) is 19.9. The van der Waals surface area contributed by atoms with E-state index in [-0.39, 0.29) is 23.9 Å². The molecule has 186 valence electrons. The summed E-state index contributed by atoms with van der Waals surface area (Å²) >= 11 is 0. The van der Waals surface area contributed by atoms with Crippen LogP contribution in [0.1, 0.15) is 38.8 Å².